The van der Waals surface area contributed by atoms with E-state index in [-0.39, 0.29) is 37.8 Å². The van der Waals surface area contributed by atoms with E-state index >= 15 is 0 Å². The van der Waals surface area contributed by atoms with Crippen LogP contribution in [0.1, 0.15) is 40.4 Å². The van der Waals surface area contributed by atoms with E-state index < -0.39 is 23.8 Å². The average Bonchev–Trinajstić information content (AvgIpc) is 2.83. The molecule has 34 heavy (non-hydrogen) atoms. The van der Waals surface area contributed by atoms with Gasteiger partial charge in [-0.15, -0.1) is 0 Å². The monoisotopic (exact) mass is 466 g/mol. The Labute approximate surface area is 196 Å². The Bertz CT molecular complexity index is 1070. The number of hydrogen-bond acceptors (Lipinski definition) is 6. The first-order chi connectivity index (χ1) is 16.3. The number of aromatic nitrogens is 1. The van der Waals surface area contributed by atoms with Gasteiger partial charge in [0, 0.05) is 49.7 Å². The molecule has 11 heteroatoms. The highest BCUT2D eigenvalue weighted by molar-refractivity contribution is 6.35. The Balaban J connectivity index is 1.52. The summed E-state index contributed by atoms with van der Waals surface area (Å²) in [7, 11) is 0. The predicted molar refractivity (Wildman–Crippen MR) is 122 cm³/mol. The lowest BCUT2D eigenvalue weighted by Gasteiger charge is -2.38. The SMILES string of the molecule is N=C(N)c1ccc(C(=O)NCCCN2CCN(C(CC(=O)O)c3cccnc3)C(=O)C2=O)cc1. The van der Waals surface area contributed by atoms with Crippen LogP contribution in [0.25, 0.3) is 0 Å². The van der Waals surface area contributed by atoms with Gasteiger partial charge in [-0.1, -0.05) is 18.2 Å². The number of hydrogen-bond donors (Lipinski definition) is 4. The summed E-state index contributed by atoms with van der Waals surface area (Å²) in [6.45, 7) is 1.04. The minimum absolute atomic E-state index is 0.0824. The molecule has 3 amide bonds. The molecule has 1 fully saturated rings. The highest BCUT2D eigenvalue weighted by Crippen LogP contribution is 2.26. The van der Waals surface area contributed by atoms with Crippen LogP contribution in [-0.4, -0.2) is 75.6 Å². The molecule has 0 bridgehead atoms. The zero-order valence-corrected chi connectivity index (χ0v) is 18.4. The van der Waals surface area contributed by atoms with Crippen molar-refractivity contribution in [2.75, 3.05) is 26.2 Å². The van der Waals surface area contributed by atoms with Gasteiger partial charge in [-0.3, -0.25) is 29.6 Å². The summed E-state index contributed by atoms with van der Waals surface area (Å²) in [4.78, 5) is 55.7. The first-order valence-electron chi connectivity index (χ1n) is 10.7. The molecule has 178 valence electrons. The molecule has 1 saturated heterocycles. The van der Waals surface area contributed by atoms with Crippen LogP contribution < -0.4 is 11.1 Å². The molecule has 2 heterocycles. The van der Waals surface area contributed by atoms with Gasteiger partial charge in [0.15, 0.2) is 0 Å². The molecule has 3 rings (SSSR count). The number of carboxylic acid groups (broad SMARTS) is 1. The molecule has 2 aromatic rings. The molecule has 1 atom stereocenters. The van der Waals surface area contributed by atoms with E-state index in [0.717, 1.165) is 0 Å². The molecule has 0 radical (unpaired) electrons. The highest BCUT2D eigenvalue weighted by atomic mass is 16.4. The Morgan fingerprint density at radius 1 is 1.12 bits per heavy atom. The molecule has 1 unspecified atom stereocenters. The molecule has 0 saturated carbocycles. The smallest absolute Gasteiger partial charge is 0.312 e. The van der Waals surface area contributed by atoms with Crippen LogP contribution in [0.15, 0.2) is 48.8 Å². The molecule has 0 aliphatic carbocycles. The first kappa shape index (κ1) is 24.4. The lowest BCUT2D eigenvalue weighted by atomic mass is 10.0. The van der Waals surface area contributed by atoms with Crippen molar-refractivity contribution in [1.82, 2.24) is 20.1 Å². The second-order valence-corrected chi connectivity index (χ2v) is 7.79. The van der Waals surface area contributed by atoms with Gasteiger partial charge in [-0.25, -0.2) is 0 Å². The minimum atomic E-state index is -1.08. The van der Waals surface area contributed by atoms with Crippen molar-refractivity contribution in [3.63, 3.8) is 0 Å². The highest BCUT2D eigenvalue weighted by Gasteiger charge is 2.37. The number of carbonyl (C=O) groups excluding carboxylic acids is 3. The number of nitrogens with two attached hydrogens (primary N) is 1. The molecular formula is C23H26N6O5. The Morgan fingerprint density at radius 3 is 2.44 bits per heavy atom. The Hall–Kier alpha value is -4.28. The van der Waals surface area contributed by atoms with Gasteiger partial charge < -0.3 is 26.0 Å². The molecular weight excluding hydrogens is 440 g/mol. The quantitative estimate of drug-likeness (QED) is 0.170. The third-order valence-electron chi connectivity index (χ3n) is 5.50. The van der Waals surface area contributed by atoms with Gasteiger partial charge in [-0.05, 0) is 30.2 Å². The number of carbonyl (C=O) groups is 4. The number of nitrogen functional groups attached to an aromatic ring is 1. The lowest BCUT2D eigenvalue weighted by molar-refractivity contribution is -0.159. The fourth-order valence-corrected chi connectivity index (χ4v) is 3.72. The summed E-state index contributed by atoms with van der Waals surface area (Å²) >= 11 is 0. The van der Waals surface area contributed by atoms with Gasteiger partial charge in [-0.2, -0.15) is 0 Å². The largest absolute Gasteiger partial charge is 0.481 e. The standard InChI is InChI=1S/C23H26N6O5/c24-20(25)15-4-6-16(7-5-15)21(32)27-9-2-10-28-11-12-29(23(34)22(28)33)18(13-19(30)31)17-3-1-8-26-14-17/h1,3-8,14,18H,2,9-13H2,(H3,24,25)(H,27,32)(H,30,31). The summed E-state index contributed by atoms with van der Waals surface area (Å²) in [5, 5.41) is 19.4. The number of nitrogens with one attached hydrogen (secondary N) is 2. The average molecular weight is 466 g/mol. The van der Waals surface area contributed by atoms with E-state index in [2.05, 4.69) is 10.3 Å². The summed E-state index contributed by atoms with van der Waals surface area (Å²) in [5.74, 6) is -2.91. The zero-order chi connectivity index (χ0) is 24.7. The van der Waals surface area contributed by atoms with Crippen molar-refractivity contribution in [2.24, 2.45) is 5.73 Å². The van der Waals surface area contributed by atoms with E-state index in [4.69, 9.17) is 11.1 Å². The number of carboxylic acids is 1. The number of aliphatic carboxylic acids is 1. The van der Waals surface area contributed by atoms with Crippen molar-refractivity contribution in [3.8, 4) is 0 Å². The summed E-state index contributed by atoms with van der Waals surface area (Å²) < 4.78 is 0. The summed E-state index contributed by atoms with van der Waals surface area (Å²) in [6.07, 6.45) is 3.15. The van der Waals surface area contributed by atoms with Crippen molar-refractivity contribution in [2.45, 2.75) is 18.9 Å². The maximum atomic E-state index is 12.8. The van der Waals surface area contributed by atoms with E-state index in [9.17, 15) is 24.3 Å². The zero-order valence-electron chi connectivity index (χ0n) is 18.4. The van der Waals surface area contributed by atoms with Gasteiger partial charge in [0.2, 0.25) is 0 Å². The van der Waals surface area contributed by atoms with Gasteiger partial charge in [0.1, 0.15) is 5.84 Å². The molecule has 1 aromatic heterocycles. The Morgan fingerprint density at radius 2 is 1.82 bits per heavy atom. The number of amidine groups is 1. The van der Waals surface area contributed by atoms with Crippen LogP contribution in [0.5, 0.6) is 0 Å². The second kappa shape index (κ2) is 11.0. The number of benzene rings is 1. The van der Waals surface area contributed by atoms with Crippen molar-refractivity contribution >= 4 is 29.5 Å². The number of nitrogens with zero attached hydrogens (tertiary/aromatic N) is 3. The van der Waals surface area contributed by atoms with Crippen LogP contribution in [-0.2, 0) is 14.4 Å². The fourth-order valence-electron chi connectivity index (χ4n) is 3.72. The molecule has 1 aliphatic rings. The van der Waals surface area contributed by atoms with Crippen molar-refractivity contribution in [1.29, 1.82) is 5.41 Å². The van der Waals surface area contributed by atoms with Crippen molar-refractivity contribution < 1.29 is 24.3 Å². The third kappa shape index (κ3) is 5.94. The van der Waals surface area contributed by atoms with Gasteiger partial charge in [0.05, 0.1) is 12.5 Å². The normalized spacial score (nSPS) is 14.6. The van der Waals surface area contributed by atoms with E-state index in [1.54, 1.807) is 42.6 Å². The summed E-state index contributed by atoms with van der Waals surface area (Å²) in [6, 6.07) is 8.87. The molecule has 5 N–H and O–H groups in total. The van der Waals surface area contributed by atoms with Crippen molar-refractivity contribution in [3.05, 3.63) is 65.5 Å². The summed E-state index contributed by atoms with van der Waals surface area (Å²) in [5.41, 5.74) is 6.90. The van der Waals surface area contributed by atoms with E-state index in [0.29, 0.717) is 29.7 Å². The Kier molecular flexibility index (Phi) is 7.91. The van der Waals surface area contributed by atoms with E-state index in [1.807, 2.05) is 0 Å². The van der Waals surface area contributed by atoms with E-state index in [1.165, 1.54) is 16.0 Å². The van der Waals surface area contributed by atoms with Crippen LogP contribution in [0, 0.1) is 5.41 Å². The van der Waals surface area contributed by atoms with Crippen LogP contribution >= 0.6 is 0 Å². The number of rotatable bonds is 10. The van der Waals surface area contributed by atoms with Gasteiger partial charge in [0.25, 0.3) is 5.91 Å². The van der Waals surface area contributed by atoms with Crippen LogP contribution in [0.3, 0.4) is 0 Å². The predicted octanol–water partition coefficient (Wildman–Crippen LogP) is 0.372. The molecule has 0 spiro atoms. The maximum absolute atomic E-state index is 12.8. The maximum Gasteiger partial charge on any atom is 0.312 e. The lowest BCUT2D eigenvalue weighted by Crippen LogP contribution is -2.55. The van der Waals surface area contributed by atoms with Crippen LogP contribution in [0.4, 0.5) is 0 Å². The number of piperazine rings is 1. The molecule has 1 aliphatic heterocycles. The molecule has 11 nitrogen and oxygen atoms in total. The molecule has 1 aromatic carbocycles. The van der Waals surface area contributed by atoms with Gasteiger partial charge >= 0.3 is 17.8 Å². The first-order valence-corrected chi connectivity index (χ1v) is 10.7. The number of pyridine rings is 1. The fraction of sp³-hybridized carbons (Fsp3) is 0.304. The minimum Gasteiger partial charge on any atom is -0.481 e. The topological polar surface area (TPSA) is 170 Å². The second-order valence-electron chi connectivity index (χ2n) is 7.79. The number of amides is 3. The van der Waals surface area contributed by atoms with Crippen LogP contribution in [0.2, 0.25) is 0 Å². The third-order valence-corrected chi connectivity index (χ3v) is 5.50.